The molecule has 2 N–H and O–H groups in total. The molecule has 0 unspecified atom stereocenters. The van der Waals surface area contributed by atoms with Gasteiger partial charge in [-0.3, -0.25) is 0 Å². The van der Waals surface area contributed by atoms with Gasteiger partial charge >= 0.3 is 5.97 Å². The van der Waals surface area contributed by atoms with Crippen molar-refractivity contribution in [3.63, 3.8) is 0 Å². The van der Waals surface area contributed by atoms with Crippen molar-refractivity contribution < 1.29 is 19.7 Å². The van der Waals surface area contributed by atoms with Crippen molar-refractivity contribution in [3.05, 3.63) is 59.2 Å². The Morgan fingerprint density at radius 3 is 2.71 bits per heavy atom. The molecule has 0 aliphatic heterocycles. The first kappa shape index (κ1) is 20.4. The molecule has 1 aliphatic carbocycles. The fourth-order valence-corrected chi connectivity index (χ4v) is 4.10. The number of carbonyl (C=O) groups excluding carboxylic acids is 1. The summed E-state index contributed by atoms with van der Waals surface area (Å²) in [6.07, 6.45) is 3.75. The summed E-state index contributed by atoms with van der Waals surface area (Å²) in [5.74, 6) is -0.221. The molecule has 1 fully saturated rings. The van der Waals surface area contributed by atoms with E-state index in [2.05, 4.69) is 4.90 Å². The van der Waals surface area contributed by atoms with E-state index in [0.717, 1.165) is 36.9 Å². The third-order valence-electron chi connectivity index (χ3n) is 5.54. The molecular weight excluding hydrogens is 354 g/mol. The molecule has 2 atom stereocenters. The van der Waals surface area contributed by atoms with Gasteiger partial charge in [-0.25, -0.2) is 4.79 Å². The van der Waals surface area contributed by atoms with E-state index < -0.39 is 11.6 Å². The van der Waals surface area contributed by atoms with Crippen LogP contribution in [0.4, 0.5) is 0 Å². The summed E-state index contributed by atoms with van der Waals surface area (Å²) in [7, 11) is 4.03. The minimum absolute atomic E-state index is 0.0990. The van der Waals surface area contributed by atoms with Gasteiger partial charge in [-0.15, -0.1) is 0 Å². The maximum atomic E-state index is 12.5. The lowest BCUT2D eigenvalue weighted by Crippen LogP contribution is -2.43. The van der Waals surface area contributed by atoms with E-state index in [-0.39, 0.29) is 17.2 Å². The molecule has 0 radical (unpaired) electrons. The molecule has 2 aromatic carbocycles. The predicted octanol–water partition coefficient (Wildman–Crippen LogP) is 3.86. The van der Waals surface area contributed by atoms with E-state index in [1.54, 1.807) is 30.3 Å². The Morgan fingerprint density at radius 2 is 2.00 bits per heavy atom. The number of benzene rings is 2. The van der Waals surface area contributed by atoms with E-state index in [1.807, 2.05) is 27.1 Å². The van der Waals surface area contributed by atoms with Crippen LogP contribution in [0.5, 0.6) is 11.5 Å². The molecule has 5 heteroatoms. The van der Waals surface area contributed by atoms with Gasteiger partial charge in [0.15, 0.2) is 0 Å². The number of ether oxygens (including phenoxy) is 1. The first-order valence-corrected chi connectivity index (χ1v) is 9.79. The molecule has 3 rings (SSSR count). The van der Waals surface area contributed by atoms with Crippen molar-refractivity contribution in [2.45, 2.75) is 38.2 Å². The van der Waals surface area contributed by atoms with Crippen molar-refractivity contribution in [2.75, 3.05) is 20.6 Å². The van der Waals surface area contributed by atoms with Crippen molar-refractivity contribution >= 4 is 5.97 Å². The van der Waals surface area contributed by atoms with Gasteiger partial charge in [0.05, 0.1) is 5.60 Å². The van der Waals surface area contributed by atoms with Crippen molar-refractivity contribution in [2.24, 2.45) is 5.92 Å². The molecule has 0 amide bonds. The minimum Gasteiger partial charge on any atom is -0.507 e. The zero-order valence-corrected chi connectivity index (χ0v) is 16.8. The number of phenolic OH excluding ortho intramolecular Hbond substituents is 1. The van der Waals surface area contributed by atoms with Crippen LogP contribution in [0, 0.1) is 12.8 Å². The predicted molar refractivity (Wildman–Crippen MR) is 109 cm³/mol. The summed E-state index contributed by atoms with van der Waals surface area (Å²) >= 11 is 0. The van der Waals surface area contributed by atoms with Crippen molar-refractivity contribution in [1.29, 1.82) is 0 Å². The number of aryl methyl sites for hydroxylation is 1. The van der Waals surface area contributed by atoms with Crippen LogP contribution in [-0.2, 0) is 5.60 Å². The van der Waals surface area contributed by atoms with Crippen LogP contribution in [0.3, 0.4) is 0 Å². The molecule has 0 spiro atoms. The summed E-state index contributed by atoms with van der Waals surface area (Å²) < 4.78 is 5.49. The van der Waals surface area contributed by atoms with Crippen molar-refractivity contribution in [1.82, 2.24) is 4.90 Å². The Hall–Kier alpha value is -2.37. The highest BCUT2D eigenvalue weighted by molar-refractivity contribution is 5.93. The number of rotatable bonds is 5. The summed E-state index contributed by atoms with van der Waals surface area (Å²) in [4.78, 5) is 14.6. The Morgan fingerprint density at radius 1 is 1.21 bits per heavy atom. The van der Waals surface area contributed by atoms with Crippen LogP contribution in [0.1, 0.15) is 47.2 Å². The first-order chi connectivity index (χ1) is 13.3. The van der Waals surface area contributed by atoms with E-state index in [1.165, 1.54) is 6.07 Å². The highest BCUT2D eigenvalue weighted by atomic mass is 16.5. The quantitative estimate of drug-likeness (QED) is 0.606. The van der Waals surface area contributed by atoms with Gasteiger partial charge < -0.3 is 19.8 Å². The fourth-order valence-electron chi connectivity index (χ4n) is 4.10. The summed E-state index contributed by atoms with van der Waals surface area (Å²) in [5.41, 5.74) is 0.828. The normalized spacial score (nSPS) is 22.2. The highest BCUT2D eigenvalue weighted by Gasteiger charge is 2.40. The molecule has 150 valence electrons. The molecule has 0 bridgehead atoms. The smallest absolute Gasteiger partial charge is 0.347 e. The summed E-state index contributed by atoms with van der Waals surface area (Å²) in [6.45, 7) is 2.64. The lowest BCUT2D eigenvalue weighted by atomic mass is 9.71. The second-order valence-corrected chi connectivity index (χ2v) is 8.07. The number of carbonyl (C=O) groups is 1. The van der Waals surface area contributed by atoms with E-state index in [0.29, 0.717) is 12.2 Å². The van der Waals surface area contributed by atoms with Gasteiger partial charge in [0, 0.05) is 12.5 Å². The van der Waals surface area contributed by atoms with Gasteiger partial charge in [-0.2, -0.15) is 0 Å². The Bertz CT molecular complexity index is 848. The molecule has 1 saturated carbocycles. The molecular formula is C23H29NO4. The number of hydrogen-bond acceptors (Lipinski definition) is 5. The maximum Gasteiger partial charge on any atom is 0.347 e. The number of esters is 1. The average molecular weight is 383 g/mol. The standard InChI is InChI=1S/C23H29NO4/c1-16-10-11-20(21(25)13-16)22(26)28-19-9-6-8-17(14-19)23(27)12-5-4-7-18(23)15-24(2)3/h6,8-11,13-14,18,25,27H,4-5,7,12,15H2,1-3H3/t18-,23+/m1/s1. The molecule has 28 heavy (non-hydrogen) atoms. The Labute approximate surface area is 166 Å². The number of phenols is 1. The number of aliphatic hydroxyl groups is 1. The van der Waals surface area contributed by atoms with Crippen LogP contribution in [0.25, 0.3) is 0 Å². The molecule has 0 heterocycles. The van der Waals surface area contributed by atoms with Gasteiger partial charge in [-0.05, 0) is 69.3 Å². The third-order valence-corrected chi connectivity index (χ3v) is 5.54. The topological polar surface area (TPSA) is 70.0 Å². The lowest BCUT2D eigenvalue weighted by Gasteiger charge is -2.41. The molecule has 5 nitrogen and oxygen atoms in total. The van der Waals surface area contributed by atoms with Crippen LogP contribution in [0.2, 0.25) is 0 Å². The second kappa shape index (κ2) is 8.33. The summed E-state index contributed by atoms with van der Waals surface area (Å²) in [5, 5.41) is 21.5. The number of hydrogen-bond donors (Lipinski definition) is 2. The largest absolute Gasteiger partial charge is 0.507 e. The number of nitrogens with zero attached hydrogens (tertiary/aromatic N) is 1. The lowest BCUT2D eigenvalue weighted by molar-refractivity contribution is -0.0619. The van der Waals surface area contributed by atoms with Crippen LogP contribution in [-0.4, -0.2) is 41.7 Å². The van der Waals surface area contributed by atoms with Gasteiger partial charge in [-0.1, -0.05) is 31.0 Å². The third kappa shape index (κ3) is 4.37. The van der Waals surface area contributed by atoms with Crippen molar-refractivity contribution in [3.8, 4) is 11.5 Å². The van der Waals surface area contributed by atoms with E-state index in [9.17, 15) is 15.0 Å². The molecule has 1 aliphatic rings. The van der Waals surface area contributed by atoms with Crippen LogP contribution in [0.15, 0.2) is 42.5 Å². The molecule has 2 aromatic rings. The van der Waals surface area contributed by atoms with E-state index in [4.69, 9.17) is 4.74 Å². The second-order valence-electron chi connectivity index (χ2n) is 8.07. The Kier molecular flexibility index (Phi) is 6.06. The van der Waals surface area contributed by atoms with Gasteiger partial charge in [0.1, 0.15) is 17.1 Å². The molecule has 0 saturated heterocycles. The fraction of sp³-hybridized carbons (Fsp3) is 0.435. The van der Waals surface area contributed by atoms with Crippen LogP contribution < -0.4 is 4.74 Å². The molecule has 0 aromatic heterocycles. The monoisotopic (exact) mass is 383 g/mol. The first-order valence-electron chi connectivity index (χ1n) is 9.79. The highest BCUT2D eigenvalue weighted by Crippen LogP contribution is 2.42. The van der Waals surface area contributed by atoms with Gasteiger partial charge in [0.25, 0.3) is 0 Å². The Balaban J connectivity index is 1.84. The van der Waals surface area contributed by atoms with Crippen LogP contribution >= 0.6 is 0 Å². The zero-order valence-electron chi connectivity index (χ0n) is 16.8. The van der Waals surface area contributed by atoms with E-state index >= 15 is 0 Å². The minimum atomic E-state index is -0.934. The SMILES string of the molecule is Cc1ccc(C(=O)Oc2cccc([C@@]3(O)CCCC[C@@H]3CN(C)C)c2)c(O)c1. The average Bonchev–Trinajstić information content (AvgIpc) is 2.63. The number of aromatic hydroxyl groups is 1. The zero-order chi connectivity index (χ0) is 20.3. The van der Waals surface area contributed by atoms with Gasteiger partial charge in [0.2, 0.25) is 0 Å². The summed E-state index contributed by atoms with van der Waals surface area (Å²) in [6, 6.07) is 12.0. The maximum absolute atomic E-state index is 12.5.